The quantitative estimate of drug-likeness (QED) is 0.810. The Bertz CT molecular complexity index is 435. The third-order valence-electron chi connectivity index (χ3n) is 1.89. The number of carbonyl (C=O) groups is 2. The van der Waals surface area contributed by atoms with Crippen molar-refractivity contribution in [3.05, 3.63) is 35.4 Å². The molecular formula is C11H11F2NO3. The van der Waals surface area contributed by atoms with Gasteiger partial charge in [0.05, 0.1) is 12.2 Å². The number of nitrogens with one attached hydrogen (secondary N) is 1. The first kappa shape index (κ1) is 13.1. The largest absolute Gasteiger partial charge is 0.465 e. The molecule has 0 aliphatic carbocycles. The number of halogens is 2. The van der Waals surface area contributed by atoms with E-state index in [9.17, 15) is 18.4 Å². The van der Waals surface area contributed by atoms with Crippen LogP contribution in [-0.2, 0) is 9.53 Å². The summed E-state index contributed by atoms with van der Waals surface area (Å²) in [6.07, 6.45) is 0. The smallest absolute Gasteiger partial charge is 0.325 e. The maximum Gasteiger partial charge on any atom is 0.325 e. The summed E-state index contributed by atoms with van der Waals surface area (Å²) in [5.41, 5.74) is -0.450. The Balaban J connectivity index is 2.64. The van der Waals surface area contributed by atoms with Crippen LogP contribution in [0.2, 0.25) is 0 Å². The fourth-order valence-corrected chi connectivity index (χ4v) is 1.14. The Morgan fingerprint density at radius 3 is 2.71 bits per heavy atom. The molecule has 0 spiro atoms. The van der Waals surface area contributed by atoms with Gasteiger partial charge in [0.25, 0.3) is 5.91 Å². The number of hydrogen-bond acceptors (Lipinski definition) is 3. The van der Waals surface area contributed by atoms with Crippen LogP contribution in [0.1, 0.15) is 17.3 Å². The molecule has 0 saturated carbocycles. The fraction of sp³-hybridized carbons (Fsp3) is 0.273. The molecule has 4 nitrogen and oxygen atoms in total. The summed E-state index contributed by atoms with van der Waals surface area (Å²) in [6.45, 7) is 1.41. The van der Waals surface area contributed by atoms with Crippen molar-refractivity contribution in [3.8, 4) is 0 Å². The Hall–Kier alpha value is -1.98. The summed E-state index contributed by atoms with van der Waals surface area (Å²) in [6, 6.07) is 3.23. The maximum absolute atomic E-state index is 13.2. The molecule has 6 heteroatoms. The number of ether oxygens (including phenoxy) is 1. The number of amides is 1. The van der Waals surface area contributed by atoms with E-state index in [1.54, 1.807) is 6.92 Å². The molecule has 0 fully saturated rings. The van der Waals surface area contributed by atoms with Crippen LogP contribution >= 0.6 is 0 Å². The monoisotopic (exact) mass is 243 g/mol. The molecular weight excluding hydrogens is 232 g/mol. The van der Waals surface area contributed by atoms with E-state index in [1.165, 1.54) is 6.07 Å². The third-order valence-corrected chi connectivity index (χ3v) is 1.89. The lowest BCUT2D eigenvalue weighted by Crippen LogP contribution is -2.31. The standard InChI is InChI=1S/C11H11F2NO3/c1-2-17-9(15)6-14-11(16)7-4-3-5-8(12)10(7)13/h3-5H,2,6H2,1H3,(H,14,16). The highest BCUT2D eigenvalue weighted by Gasteiger charge is 2.15. The average Bonchev–Trinajstić information content (AvgIpc) is 2.30. The summed E-state index contributed by atoms with van der Waals surface area (Å²) in [7, 11) is 0. The summed E-state index contributed by atoms with van der Waals surface area (Å²) in [5, 5.41) is 2.13. The van der Waals surface area contributed by atoms with Crippen LogP contribution in [0.4, 0.5) is 8.78 Å². The molecule has 0 radical (unpaired) electrons. The molecule has 0 heterocycles. The van der Waals surface area contributed by atoms with Crippen molar-refractivity contribution in [1.82, 2.24) is 5.32 Å². The highest BCUT2D eigenvalue weighted by atomic mass is 19.2. The highest BCUT2D eigenvalue weighted by molar-refractivity contribution is 5.96. The molecule has 0 unspecified atom stereocenters. The van der Waals surface area contributed by atoms with E-state index < -0.39 is 29.1 Å². The van der Waals surface area contributed by atoms with Crippen LogP contribution < -0.4 is 5.32 Å². The first-order valence-electron chi connectivity index (χ1n) is 4.94. The van der Waals surface area contributed by atoms with Crippen LogP contribution in [0, 0.1) is 11.6 Å². The van der Waals surface area contributed by atoms with Crippen LogP contribution in [0.15, 0.2) is 18.2 Å². The number of esters is 1. The first-order valence-corrected chi connectivity index (χ1v) is 4.94. The molecule has 17 heavy (non-hydrogen) atoms. The highest BCUT2D eigenvalue weighted by Crippen LogP contribution is 2.10. The van der Waals surface area contributed by atoms with Gasteiger partial charge in [-0.05, 0) is 19.1 Å². The molecule has 1 N–H and O–H groups in total. The zero-order valence-electron chi connectivity index (χ0n) is 9.13. The van der Waals surface area contributed by atoms with Crippen LogP contribution in [0.5, 0.6) is 0 Å². The number of benzene rings is 1. The normalized spacial score (nSPS) is 9.82. The van der Waals surface area contributed by atoms with Crippen molar-refractivity contribution in [2.45, 2.75) is 6.92 Å². The van der Waals surface area contributed by atoms with Gasteiger partial charge in [-0.3, -0.25) is 9.59 Å². The van der Waals surface area contributed by atoms with Gasteiger partial charge in [0.1, 0.15) is 6.54 Å². The molecule has 0 aliphatic rings. The Morgan fingerprint density at radius 2 is 2.06 bits per heavy atom. The van der Waals surface area contributed by atoms with Crippen LogP contribution in [0.3, 0.4) is 0 Å². The minimum absolute atomic E-state index is 0.184. The molecule has 1 aromatic carbocycles. The molecule has 0 atom stereocenters. The average molecular weight is 243 g/mol. The number of rotatable bonds is 4. The van der Waals surface area contributed by atoms with E-state index in [4.69, 9.17) is 0 Å². The molecule has 0 bridgehead atoms. The molecule has 92 valence electrons. The van der Waals surface area contributed by atoms with E-state index in [0.717, 1.165) is 12.1 Å². The first-order chi connectivity index (χ1) is 8.06. The molecule has 0 aromatic heterocycles. The van der Waals surface area contributed by atoms with E-state index in [1.807, 2.05) is 0 Å². The van der Waals surface area contributed by atoms with Gasteiger partial charge in [0.2, 0.25) is 0 Å². The second kappa shape index (κ2) is 5.93. The number of carbonyl (C=O) groups excluding carboxylic acids is 2. The second-order valence-corrected chi connectivity index (χ2v) is 3.09. The van der Waals surface area contributed by atoms with Crippen LogP contribution in [-0.4, -0.2) is 25.0 Å². The minimum Gasteiger partial charge on any atom is -0.465 e. The van der Waals surface area contributed by atoms with Crippen molar-refractivity contribution in [2.24, 2.45) is 0 Å². The molecule has 1 amide bonds. The van der Waals surface area contributed by atoms with Crippen molar-refractivity contribution in [3.63, 3.8) is 0 Å². The van der Waals surface area contributed by atoms with Gasteiger partial charge in [-0.2, -0.15) is 0 Å². The van der Waals surface area contributed by atoms with Crippen molar-refractivity contribution in [2.75, 3.05) is 13.2 Å². The Morgan fingerprint density at radius 1 is 1.35 bits per heavy atom. The second-order valence-electron chi connectivity index (χ2n) is 3.09. The van der Waals surface area contributed by atoms with Gasteiger partial charge in [0.15, 0.2) is 11.6 Å². The Labute approximate surface area is 96.6 Å². The third kappa shape index (κ3) is 3.51. The van der Waals surface area contributed by atoms with E-state index in [-0.39, 0.29) is 13.2 Å². The van der Waals surface area contributed by atoms with E-state index in [0.29, 0.717) is 0 Å². The lowest BCUT2D eigenvalue weighted by molar-refractivity contribution is -0.141. The SMILES string of the molecule is CCOC(=O)CNC(=O)c1cccc(F)c1F. The van der Waals surface area contributed by atoms with Gasteiger partial charge < -0.3 is 10.1 Å². The maximum atomic E-state index is 13.2. The van der Waals surface area contributed by atoms with E-state index in [2.05, 4.69) is 10.1 Å². The van der Waals surface area contributed by atoms with Crippen molar-refractivity contribution < 1.29 is 23.1 Å². The number of hydrogen-bond donors (Lipinski definition) is 1. The summed E-state index contributed by atoms with van der Waals surface area (Å²) in [4.78, 5) is 22.3. The van der Waals surface area contributed by atoms with Crippen molar-refractivity contribution >= 4 is 11.9 Å². The molecule has 1 aromatic rings. The summed E-state index contributed by atoms with van der Waals surface area (Å²) < 4.78 is 30.5. The van der Waals surface area contributed by atoms with Gasteiger partial charge in [-0.1, -0.05) is 6.07 Å². The zero-order chi connectivity index (χ0) is 12.8. The van der Waals surface area contributed by atoms with Gasteiger partial charge in [-0.15, -0.1) is 0 Å². The molecule has 0 saturated heterocycles. The van der Waals surface area contributed by atoms with E-state index >= 15 is 0 Å². The molecule has 0 aliphatic heterocycles. The zero-order valence-corrected chi connectivity index (χ0v) is 9.13. The van der Waals surface area contributed by atoms with Gasteiger partial charge in [0, 0.05) is 0 Å². The predicted molar refractivity (Wildman–Crippen MR) is 55.3 cm³/mol. The topological polar surface area (TPSA) is 55.4 Å². The predicted octanol–water partition coefficient (Wildman–Crippen LogP) is 1.26. The lowest BCUT2D eigenvalue weighted by atomic mass is 10.2. The van der Waals surface area contributed by atoms with Gasteiger partial charge in [-0.25, -0.2) is 8.78 Å². The van der Waals surface area contributed by atoms with Crippen LogP contribution in [0.25, 0.3) is 0 Å². The lowest BCUT2D eigenvalue weighted by Gasteiger charge is -2.05. The van der Waals surface area contributed by atoms with Gasteiger partial charge >= 0.3 is 5.97 Å². The fourth-order valence-electron chi connectivity index (χ4n) is 1.14. The van der Waals surface area contributed by atoms with Crippen molar-refractivity contribution in [1.29, 1.82) is 0 Å². The Kier molecular flexibility index (Phi) is 4.56. The minimum atomic E-state index is -1.24. The summed E-state index contributed by atoms with van der Waals surface area (Å²) in [5.74, 6) is -3.87. The molecule has 1 rings (SSSR count). The summed E-state index contributed by atoms with van der Waals surface area (Å²) >= 11 is 0.